The summed E-state index contributed by atoms with van der Waals surface area (Å²) in [7, 11) is 0. The second-order valence-corrected chi connectivity index (χ2v) is 8.52. The van der Waals surface area contributed by atoms with E-state index in [0.29, 0.717) is 17.9 Å². The van der Waals surface area contributed by atoms with Crippen molar-refractivity contribution in [3.05, 3.63) is 17.5 Å². The number of carbonyl (C=O) groups is 2. The van der Waals surface area contributed by atoms with Crippen LogP contribution < -0.4 is 5.32 Å². The van der Waals surface area contributed by atoms with Crippen molar-refractivity contribution >= 4 is 17.6 Å². The molecule has 0 saturated heterocycles. The lowest BCUT2D eigenvalue weighted by molar-refractivity contribution is -0.118. The van der Waals surface area contributed by atoms with E-state index in [1.54, 1.807) is 6.20 Å². The first-order valence-corrected chi connectivity index (χ1v) is 8.48. The Balaban J connectivity index is 1.50. The molecule has 5 heteroatoms. The Morgan fingerprint density at radius 3 is 2.70 bits per heavy atom. The molecule has 122 valence electrons. The number of nitrogens with one attached hydrogen (secondary N) is 1. The third-order valence-corrected chi connectivity index (χ3v) is 5.79. The van der Waals surface area contributed by atoms with Gasteiger partial charge in [-0.2, -0.15) is 0 Å². The standard InChI is InChI=1S/C18H23N3O2/c1-17(2)7-13-11(14(22)8-17)9-19-16(20-13)21-15(23)12-6-18(12,3)10-4-5-10/h9-10,12H,4-8H2,1-3H3,(H,19,20,21,23)/t12-,18-/m0/s1. The van der Waals surface area contributed by atoms with Gasteiger partial charge in [-0.25, -0.2) is 9.97 Å². The number of rotatable bonds is 3. The monoisotopic (exact) mass is 313 g/mol. The number of amides is 1. The van der Waals surface area contributed by atoms with E-state index >= 15 is 0 Å². The zero-order valence-corrected chi connectivity index (χ0v) is 14.0. The molecule has 0 aromatic carbocycles. The highest BCUT2D eigenvalue weighted by atomic mass is 16.2. The highest BCUT2D eigenvalue weighted by molar-refractivity contribution is 5.99. The van der Waals surface area contributed by atoms with Crippen molar-refractivity contribution in [3.8, 4) is 0 Å². The van der Waals surface area contributed by atoms with Gasteiger partial charge in [0.05, 0.1) is 11.3 Å². The molecule has 0 bridgehead atoms. The van der Waals surface area contributed by atoms with Crippen LogP contribution in [0, 0.1) is 22.7 Å². The van der Waals surface area contributed by atoms with E-state index in [-0.39, 0.29) is 28.4 Å². The molecule has 0 unspecified atom stereocenters. The minimum Gasteiger partial charge on any atom is -0.294 e. The first-order chi connectivity index (χ1) is 10.8. The van der Waals surface area contributed by atoms with Crippen molar-refractivity contribution in [2.45, 2.75) is 52.9 Å². The summed E-state index contributed by atoms with van der Waals surface area (Å²) < 4.78 is 0. The van der Waals surface area contributed by atoms with Crippen LogP contribution in [0.1, 0.15) is 62.5 Å². The average molecular weight is 313 g/mol. The quantitative estimate of drug-likeness (QED) is 0.931. The van der Waals surface area contributed by atoms with Gasteiger partial charge in [-0.3, -0.25) is 14.9 Å². The normalized spacial score (nSPS) is 31.4. The minimum absolute atomic E-state index is 0.0285. The predicted octanol–water partition coefficient (Wildman–Crippen LogP) is 3.01. The zero-order chi connectivity index (χ0) is 16.4. The molecular weight excluding hydrogens is 290 g/mol. The van der Waals surface area contributed by atoms with Crippen molar-refractivity contribution in [1.82, 2.24) is 9.97 Å². The summed E-state index contributed by atoms with van der Waals surface area (Å²) in [6.45, 7) is 6.35. The van der Waals surface area contributed by atoms with Crippen LogP contribution in [0.3, 0.4) is 0 Å². The van der Waals surface area contributed by atoms with Gasteiger partial charge in [-0.1, -0.05) is 20.8 Å². The lowest BCUT2D eigenvalue weighted by atomic mass is 9.76. The molecule has 3 aliphatic rings. The van der Waals surface area contributed by atoms with Gasteiger partial charge in [0.15, 0.2) is 5.78 Å². The maximum absolute atomic E-state index is 12.4. The number of ketones is 1. The molecular formula is C18H23N3O2. The average Bonchev–Trinajstić information content (AvgIpc) is 3.30. The van der Waals surface area contributed by atoms with Crippen LogP contribution in [0.25, 0.3) is 0 Å². The van der Waals surface area contributed by atoms with Crippen LogP contribution in [-0.4, -0.2) is 21.7 Å². The van der Waals surface area contributed by atoms with Crippen molar-refractivity contribution in [3.63, 3.8) is 0 Å². The Bertz CT molecular complexity index is 708. The van der Waals surface area contributed by atoms with Gasteiger partial charge in [-0.05, 0) is 42.4 Å². The lowest BCUT2D eigenvalue weighted by Gasteiger charge is -2.29. The van der Waals surface area contributed by atoms with Crippen LogP contribution in [0.15, 0.2) is 6.20 Å². The van der Waals surface area contributed by atoms with Gasteiger partial charge >= 0.3 is 0 Å². The molecule has 1 N–H and O–H groups in total. The topological polar surface area (TPSA) is 72.0 Å². The summed E-state index contributed by atoms with van der Waals surface area (Å²) in [4.78, 5) is 33.2. The van der Waals surface area contributed by atoms with E-state index in [2.05, 4.69) is 36.1 Å². The van der Waals surface area contributed by atoms with Crippen molar-refractivity contribution in [2.24, 2.45) is 22.7 Å². The summed E-state index contributed by atoms with van der Waals surface area (Å²) in [6.07, 6.45) is 6.32. The number of hydrogen-bond acceptors (Lipinski definition) is 4. The van der Waals surface area contributed by atoms with Gasteiger partial charge in [-0.15, -0.1) is 0 Å². The Morgan fingerprint density at radius 2 is 2.00 bits per heavy atom. The second-order valence-electron chi connectivity index (χ2n) is 8.52. The largest absolute Gasteiger partial charge is 0.294 e. The fourth-order valence-corrected chi connectivity index (χ4v) is 4.06. The van der Waals surface area contributed by atoms with Crippen molar-refractivity contribution in [2.75, 3.05) is 5.32 Å². The maximum Gasteiger partial charge on any atom is 0.230 e. The summed E-state index contributed by atoms with van der Waals surface area (Å²) in [6, 6.07) is 0. The summed E-state index contributed by atoms with van der Waals surface area (Å²) >= 11 is 0. The van der Waals surface area contributed by atoms with Crippen LogP contribution >= 0.6 is 0 Å². The highest BCUT2D eigenvalue weighted by Gasteiger charge is 2.61. The smallest absolute Gasteiger partial charge is 0.230 e. The van der Waals surface area contributed by atoms with Crippen LogP contribution in [0.2, 0.25) is 0 Å². The molecule has 23 heavy (non-hydrogen) atoms. The molecule has 1 aromatic heterocycles. The number of aromatic nitrogens is 2. The highest BCUT2D eigenvalue weighted by Crippen LogP contribution is 2.65. The molecule has 0 aliphatic heterocycles. The van der Waals surface area contributed by atoms with Gasteiger partial charge in [0.25, 0.3) is 0 Å². The Hall–Kier alpha value is -1.78. The van der Waals surface area contributed by atoms with Gasteiger partial charge in [0.1, 0.15) is 0 Å². The summed E-state index contributed by atoms with van der Waals surface area (Å²) in [5.41, 5.74) is 1.48. The Kier molecular flexibility index (Phi) is 2.97. The Morgan fingerprint density at radius 1 is 1.26 bits per heavy atom. The number of anilines is 1. The lowest BCUT2D eigenvalue weighted by Crippen LogP contribution is -2.29. The molecule has 1 heterocycles. The number of fused-ring (bicyclic) bond motifs is 1. The van der Waals surface area contributed by atoms with Crippen LogP contribution in [0.5, 0.6) is 0 Å². The molecule has 4 rings (SSSR count). The van der Waals surface area contributed by atoms with E-state index in [9.17, 15) is 9.59 Å². The predicted molar refractivity (Wildman–Crippen MR) is 86.0 cm³/mol. The first kappa shape index (κ1) is 14.8. The van der Waals surface area contributed by atoms with E-state index < -0.39 is 0 Å². The molecule has 2 saturated carbocycles. The second kappa shape index (κ2) is 4.62. The van der Waals surface area contributed by atoms with E-state index in [0.717, 1.165) is 24.5 Å². The van der Waals surface area contributed by atoms with Crippen LogP contribution in [0.4, 0.5) is 5.95 Å². The Labute approximate surface area is 136 Å². The van der Waals surface area contributed by atoms with Gasteiger partial charge in [0.2, 0.25) is 11.9 Å². The molecule has 2 fully saturated rings. The number of Topliss-reactive ketones (excluding diaryl/α,β-unsaturated/α-hetero) is 1. The molecule has 2 atom stereocenters. The third kappa shape index (κ3) is 2.56. The maximum atomic E-state index is 12.4. The third-order valence-electron chi connectivity index (χ3n) is 5.79. The summed E-state index contributed by atoms with van der Waals surface area (Å²) in [5.74, 6) is 1.27. The summed E-state index contributed by atoms with van der Waals surface area (Å²) in [5, 5.41) is 2.86. The molecule has 3 aliphatic carbocycles. The first-order valence-electron chi connectivity index (χ1n) is 8.48. The zero-order valence-electron chi connectivity index (χ0n) is 14.0. The molecule has 1 amide bonds. The fraction of sp³-hybridized carbons (Fsp3) is 0.667. The minimum atomic E-state index is -0.0826. The van der Waals surface area contributed by atoms with Gasteiger partial charge in [0, 0.05) is 18.5 Å². The molecule has 1 aromatic rings. The fourth-order valence-electron chi connectivity index (χ4n) is 4.06. The number of nitrogens with zero attached hydrogens (tertiary/aromatic N) is 2. The molecule has 5 nitrogen and oxygen atoms in total. The van der Waals surface area contributed by atoms with E-state index in [4.69, 9.17) is 0 Å². The SMILES string of the molecule is CC1(C)CC(=O)c2cnc(NC(=O)[C@@H]3C[C@@]3(C)C3CC3)nc2C1. The molecule has 0 radical (unpaired) electrons. The van der Waals surface area contributed by atoms with Crippen molar-refractivity contribution < 1.29 is 9.59 Å². The number of carbonyl (C=O) groups excluding carboxylic acids is 2. The van der Waals surface area contributed by atoms with E-state index in [1.165, 1.54) is 12.8 Å². The molecule has 0 spiro atoms. The van der Waals surface area contributed by atoms with Gasteiger partial charge < -0.3 is 0 Å². The number of hydrogen-bond donors (Lipinski definition) is 1. The van der Waals surface area contributed by atoms with Crippen LogP contribution in [-0.2, 0) is 11.2 Å². The van der Waals surface area contributed by atoms with E-state index in [1.807, 2.05) is 0 Å². The van der Waals surface area contributed by atoms with Crippen molar-refractivity contribution in [1.29, 1.82) is 0 Å².